The topological polar surface area (TPSA) is 12.0 Å². The molecule has 0 heterocycles. The van der Waals surface area contributed by atoms with Crippen molar-refractivity contribution in [2.24, 2.45) is 0 Å². The highest BCUT2D eigenvalue weighted by atomic mass is 79.9. The third-order valence-electron chi connectivity index (χ3n) is 3.28. The fourth-order valence-electron chi connectivity index (χ4n) is 2.26. The minimum absolute atomic E-state index is 0.101. The third-order valence-corrected chi connectivity index (χ3v) is 3.81. The van der Waals surface area contributed by atoms with Gasteiger partial charge in [0.1, 0.15) is 11.6 Å². The van der Waals surface area contributed by atoms with Crippen LogP contribution < -0.4 is 5.32 Å². The molecule has 0 saturated carbocycles. The average Bonchev–Trinajstić information content (AvgIpc) is 2.44. The Kier molecular flexibility index (Phi) is 5.88. The molecule has 1 atom stereocenters. The summed E-state index contributed by atoms with van der Waals surface area (Å²) in [6.45, 7) is 2.87. The van der Waals surface area contributed by atoms with Crippen molar-refractivity contribution in [3.8, 4) is 0 Å². The number of benzene rings is 2. The maximum atomic E-state index is 13.4. The molecule has 112 valence electrons. The minimum Gasteiger partial charge on any atom is -0.310 e. The molecule has 1 N–H and O–H groups in total. The van der Waals surface area contributed by atoms with Crippen LogP contribution in [0.2, 0.25) is 0 Å². The van der Waals surface area contributed by atoms with Gasteiger partial charge in [-0.3, -0.25) is 0 Å². The zero-order chi connectivity index (χ0) is 15.2. The van der Waals surface area contributed by atoms with Crippen molar-refractivity contribution < 1.29 is 8.78 Å². The quantitative estimate of drug-likeness (QED) is 0.769. The van der Waals surface area contributed by atoms with E-state index in [0.29, 0.717) is 12.0 Å². The molecule has 0 aromatic heterocycles. The second kappa shape index (κ2) is 7.66. The first-order valence-electron chi connectivity index (χ1n) is 7.02. The fraction of sp³-hybridized carbons (Fsp3) is 0.294. The smallest absolute Gasteiger partial charge is 0.126 e. The van der Waals surface area contributed by atoms with E-state index in [1.165, 1.54) is 12.1 Å². The third kappa shape index (κ3) is 4.90. The Hall–Kier alpha value is -1.26. The Labute approximate surface area is 132 Å². The summed E-state index contributed by atoms with van der Waals surface area (Å²) in [4.78, 5) is 0. The van der Waals surface area contributed by atoms with Gasteiger partial charge >= 0.3 is 0 Å². The summed E-state index contributed by atoms with van der Waals surface area (Å²) in [6.07, 6.45) is 1.66. The van der Waals surface area contributed by atoms with E-state index in [0.717, 1.165) is 29.1 Å². The van der Waals surface area contributed by atoms with Crippen LogP contribution in [0.25, 0.3) is 0 Å². The molecule has 0 fully saturated rings. The van der Waals surface area contributed by atoms with Gasteiger partial charge in [0, 0.05) is 16.6 Å². The van der Waals surface area contributed by atoms with Gasteiger partial charge in [0.05, 0.1) is 0 Å². The lowest BCUT2D eigenvalue weighted by molar-refractivity contribution is 0.515. The number of hydrogen-bond acceptors (Lipinski definition) is 1. The Bertz CT molecular complexity index is 564. The van der Waals surface area contributed by atoms with Gasteiger partial charge in [-0.1, -0.05) is 35.0 Å². The number of halogens is 3. The molecule has 0 saturated heterocycles. The maximum absolute atomic E-state index is 13.4. The summed E-state index contributed by atoms with van der Waals surface area (Å²) in [5, 5.41) is 3.36. The molecular weight excluding hydrogens is 336 g/mol. The Morgan fingerprint density at radius 3 is 2.24 bits per heavy atom. The average molecular weight is 354 g/mol. The predicted molar refractivity (Wildman–Crippen MR) is 85.2 cm³/mol. The summed E-state index contributed by atoms with van der Waals surface area (Å²) >= 11 is 3.40. The summed E-state index contributed by atoms with van der Waals surface area (Å²) < 4.78 is 27.9. The monoisotopic (exact) mass is 353 g/mol. The van der Waals surface area contributed by atoms with Gasteiger partial charge in [0.2, 0.25) is 0 Å². The van der Waals surface area contributed by atoms with Crippen molar-refractivity contribution in [1.82, 2.24) is 5.32 Å². The van der Waals surface area contributed by atoms with Crippen LogP contribution in [-0.2, 0) is 6.42 Å². The molecule has 1 unspecified atom stereocenters. The normalized spacial score (nSPS) is 12.4. The lowest BCUT2D eigenvalue weighted by Crippen LogP contribution is -2.24. The van der Waals surface area contributed by atoms with Crippen molar-refractivity contribution >= 4 is 15.9 Å². The Balaban J connectivity index is 2.22. The largest absolute Gasteiger partial charge is 0.310 e. The highest BCUT2D eigenvalue weighted by Crippen LogP contribution is 2.22. The number of hydrogen-bond donors (Lipinski definition) is 1. The van der Waals surface area contributed by atoms with Crippen LogP contribution in [0.4, 0.5) is 8.78 Å². The van der Waals surface area contributed by atoms with E-state index in [-0.39, 0.29) is 6.04 Å². The number of rotatable bonds is 6. The predicted octanol–water partition coefficient (Wildman–Crippen LogP) is 5.01. The van der Waals surface area contributed by atoms with Crippen LogP contribution in [0.5, 0.6) is 0 Å². The molecule has 0 spiro atoms. The zero-order valence-electron chi connectivity index (χ0n) is 11.9. The molecular formula is C17H18BrF2N. The highest BCUT2D eigenvalue weighted by molar-refractivity contribution is 9.10. The number of nitrogens with one attached hydrogen (secondary N) is 1. The van der Waals surface area contributed by atoms with Crippen LogP contribution in [-0.4, -0.2) is 6.54 Å². The van der Waals surface area contributed by atoms with Gasteiger partial charge in [-0.2, -0.15) is 0 Å². The first-order chi connectivity index (χ1) is 10.1. The van der Waals surface area contributed by atoms with Crippen LogP contribution in [0.15, 0.2) is 46.9 Å². The zero-order valence-corrected chi connectivity index (χ0v) is 13.5. The van der Waals surface area contributed by atoms with Crippen molar-refractivity contribution in [3.63, 3.8) is 0 Å². The Morgan fingerprint density at radius 1 is 1.05 bits per heavy atom. The first-order valence-corrected chi connectivity index (χ1v) is 7.81. The summed E-state index contributed by atoms with van der Waals surface area (Å²) in [5.74, 6) is -1.08. The molecule has 21 heavy (non-hydrogen) atoms. The lowest BCUT2D eigenvalue weighted by Gasteiger charge is -2.19. The van der Waals surface area contributed by atoms with Gasteiger partial charge in [-0.25, -0.2) is 8.78 Å². The van der Waals surface area contributed by atoms with Crippen molar-refractivity contribution in [2.45, 2.75) is 25.8 Å². The molecule has 2 rings (SSSR count). The first kappa shape index (κ1) is 16.1. The molecule has 0 aliphatic heterocycles. The fourth-order valence-corrected chi connectivity index (χ4v) is 2.52. The van der Waals surface area contributed by atoms with E-state index < -0.39 is 11.6 Å². The van der Waals surface area contributed by atoms with E-state index in [4.69, 9.17) is 0 Å². The standard InChI is InChI=1S/C17H18BrF2N/c1-2-7-21-17(8-12-3-5-14(18)6-4-12)13-9-15(19)11-16(20)10-13/h3-6,9-11,17,21H,2,7-8H2,1H3. The molecule has 4 heteroatoms. The van der Waals surface area contributed by atoms with Gasteiger partial charge in [0.25, 0.3) is 0 Å². The van der Waals surface area contributed by atoms with Gasteiger partial charge < -0.3 is 5.32 Å². The van der Waals surface area contributed by atoms with E-state index in [1.807, 2.05) is 24.3 Å². The molecule has 0 aliphatic carbocycles. The maximum Gasteiger partial charge on any atom is 0.126 e. The Morgan fingerprint density at radius 2 is 1.67 bits per heavy atom. The molecule has 1 nitrogen and oxygen atoms in total. The van der Waals surface area contributed by atoms with E-state index >= 15 is 0 Å². The summed E-state index contributed by atoms with van der Waals surface area (Å²) in [7, 11) is 0. The van der Waals surface area contributed by atoms with Crippen molar-refractivity contribution in [2.75, 3.05) is 6.54 Å². The van der Waals surface area contributed by atoms with Gasteiger partial charge in [-0.15, -0.1) is 0 Å². The van der Waals surface area contributed by atoms with Crippen molar-refractivity contribution in [1.29, 1.82) is 0 Å². The van der Waals surface area contributed by atoms with Crippen LogP contribution >= 0.6 is 15.9 Å². The molecule has 2 aromatic carbocycles. The molecule has 0 radical (unpaired) electrons. The molecule has 0 amide bonds. The van der Waals surface area contributed by atoms with Crippen LogP contribution in [0.1, 0.15) is 30.5 Å². The second-order valence-electron chi connectivity index (χ2n) is 5.04. The van der Waals surface area contributed by atoms with E-state index in [1.54, 1.807) is 0 Å². The minimum atomic E-state index is -0.538. The summed E-state index contributed by atoms with van der Waals surface area (Å²) in [5.41, 5.74) is 1.76. The second-order valence-corrected chi connectivity index (χ2v) is 5.96. The lowest BCUT2D eigenvalue weighted by atomic mass is 9.98. The van der Waals surface area contributed by atoms with Crippen molar-refractivity contribution in [3.05, 3.63) is 69.7 Å². The molecule has 0 bridgehead atoms. The highest BCUT2D eigenvalue weighted by Gasteiger charge is 2.14. The van der Waals surface area contributed by atoms with Gasteiger partial charge in [-0.05, 0) is 54.8 Å². The van der Waals surface area contributed by atoms with Crippen LogP contribution in [0, 0.1) is 11.6 Å². The van der Waals surface area contributed by atoms with Gasteiger partial charge in [0.15, 0.2) is 0 Å². The van der Waals surface area contributed by atoms with Crippen LogP contribution in [0.3, 0.4) is 0 Å². The SMILES string of the molecule is CCCNC(Cc1ccc(Br)cc1)c1cc(F)cc(F)c1. The summed E-state index contributed by atoms with van der Waals surface area (Å²) in [6, 6.07) is 11.6. The molecule has 2 aromatic rings. The van der Waals surface area contributed by atoms with E-state index in [2.05, 4.69) is 28.2 Å². The van der Waals surface area contributed by atoms with E-state index in [9.17, 15) is 8.78 Å². The molecule has 0 aliphatic rings.